The first-order valence-corrected chi connectivity index (χ1v) is 8.71. The molecular formula is C19H28N2O3. The van der Waals surface area contributed by atoms with Crippen molar-refractivity contribution in [2.75, 3.05) is 13.7 Å². The number of benzene rings is 1. The number of likely N-dealkylation sites (tertiary alicyclic amines) is 1. The summed E-state index contributed by atoms with van der Waals surface area (Å²) in [5, 5.41) is 2.96. The fourth-order valence-corrected chi connectivity index (χ4v) is 3.22. The van der Waals surface area contributed by atoms with Crippen LogP contribution in [0.3, 0.4) is 0 Å². The van der Waals surface area contributed by atoms with Crippen molar-refractivity contribution < 1.29 is 14.3 Å². The molecule has 1 saturated heterocycles. The summed E-state index contributed by atoms with van der Waals surface area (Å²) in [4.78, 5) is 27.0. The fraction of sp³-hybridized carbons (Fsp3) is 0.579. The zero-order valence-electron chi connectivity index (χ0n) is 15.0. The summed E-state index contributed by atoms with van der Waals surface area (Å²) in [6.07, 6.45) is 2.23. The number of amides is 2. The lowest BCUT2D eigenvalue weighted by molar-refractivity contribution is -0.129. The number of carbonyl (C=O) groups is 2. The molecule has 1 aliphatic heterocycles. The van der Waals surface area contributed by atoms with Crippen LogP contribution < -0.4 is 10.1 Å². The number of ether oxygens (including phenoxy) is 1. The Labute approximate surface area is 144 Å². The predicted molar refractivity (Wildman–Crippen MR) is 93.7 cm³/mol. The van der Waals surface area contributed by atoms with E-state index in [1.54, 1.807) is 7.11 Å². The van der Waals surface area contributed by atoms with E-state index in [-0.39, 0.29) is 36.2 Å². The van der Waals surface area contributed by atoms with Gasteiger partial charge in [0.25, 0.3) is 0 Å². The highest BCUT2D eigenvalue weighted by Crippen LogP contribution is 2.39. The quantitative estimate of drug-likeness (QED) is 0.835. The standard InChI is InChI=1S/C19H28N2O3/c1-5-6-11-21-17(22)12-16(19(23)20-13(2)3)18(21)14-7-9-15(24-4)10-8-14/h7-10,13,16,18H,5-6,11-12H2,1-4H3,(H,20,23)/t16-,18-/m0/s1. The van der Waals surface area contributed by atoms with Gasteiger partial charge < -0.3 is 15.0 Å². The monoisotopic (exact) mass is 332 g/mol. The Hall–Kier alpha value is -2.04. The van der Waals surface area contributed by atoms with E-state index >= 15 is 0 Å². The predicted octanol–water partition coefficient (Wildman–Crippen LogP) is 2.91. The van der Waals surface area contributed by atoms with Crippen molar-refractivity contribution in [1.82, 2.24) is 10.2 Å². The molecule has 0 saturated carbocycles. The van der Waals surface area contributed by atoms with Gasteiger partial charge in [-0.1, -0.05) is 25.5 Å². The van der Waals surface area contributed by atoms with Gasteiger partial charge in [0.1, 0.15) is 5.75 Å². The van der Waals surface area contributed by atoms with E-state index in [0.29, 0.717) is 6.54 Å². The van der Waals surface area contributed by atoms with Gasteiger partial charge in [0, 0.05) is 19.0 Å². The number of hydrogen-bond acceptors (Lipinski definition) is 3. The summed E-state index contributed by atoms with van der Waals surface area (Å²) in [6, 6.07) is 7.54. The van der Waals surface area contributed by atoms with E-state index in [0.717, 1.165) is 24.2 Å². The van der Waals surface area contributed by atoms with Crippen LogP contribution in [0.1, 0.15) is 51.6 Å². The highest BCUT2D eigenvalue weighted by atomic mass is 16.5. The lowest BCUT2D eigenvalue weighted by Crippen LogP contribution is -2.38. The van der Waals surface area contributed by atoms with Crippen LogP contribution in [-0.4, -0.2) is 36.4 Å². The summed E-state index contributed by atoms with van der Waals surface area (Å²) in [5.74, 6) is 0.447. The second-order valence-corrected chi connectivity index (χ2v) is 6.63. The summed E-state index contributed by atoms with van der Waals surface area (Å²) in [7, 11) is 1.63. The molecule has 5 heteroatoms. The molecule has 1 aliphatic rings. The van der Waals surface area contributed by atoms with Crippen LogP contribution in [0.5, 0.6) is 5.75 Å². The first-order chi connectivity index (χ1) is 11.5. The zero-order chi connectivity index (χ0) is 17.7. The minimum Gasteiger partial charge on any atom is -0.497 e. The molecule has 5 nitrogen and oxygen atoms in total. The topological polar surface area (TPSA) is 58.6 Å². The van der Waals surface area contributed by atoms with Crippen molar-refractivity contribution in [3.63, 3.8) is 0 Å². The lowest BCUT2D eigenvalue weighted by atomic mass is 9.92. The van der Waals surface area contributed by atoms with Crippen LogP contribution >= 0.6 is 0 Å². The zero-order valence-corrected chi connectivity index (χ0v) is 15.0. The Kier molecular flexibility index (Phi) is 6.23. The van der Waals surface area contributed by atoms with E-state index < -0.39 is 0 Å². The largest absolute Gasteiger partial charge is 0.497 e. The average Bonchev–Trinajstić information content (AvgIpc) is 2.89. The third-order valence-electron chi connectivity index (χ3n) is 4.41. The van der Waals surface area contributed by atoms with Crippen LogP contribution in [-0.2, 0) is 9.59 Å². The molecule has 2 amide bonds. The van der Waals surface area contributed by atoms with E-state index in [1.165, 1.54) is 0 Å². The van der Waals surface area contributed by atoms with Gasteiger partial charge in [0.05, 0.1) is 19.1 Å². The second-order valence-electron chi connectivity index (χ2n) is 6.63. The molecule has 0 radical (unpaired) electrons. The van der Waals surface area contributed by atoms with Crippen molar-refractivity contribution in [3.8, 4) is 5.75 Å². The van der Waals surface area contributed by atoms with Crippen LogP contribution in [0.25, 0.3) is 0 Å². The minimum atomic E-state index is -0.342. The molecule has 1 aromatic rings. The molecule has 0 aliphatic carbocycles. The Morgan fingerprint density at radius 2 is 2.00 bits per heavy atom. The number of rotatable bonds is 7. The maximum atomic E-state index is 12.6. The third kappa shape index (κ3) is 4.08. The van der Waals surface area contributed by atoms with Gasteiger partial charge >= 0.3 is 0 Å². The molecule has 1 fully saturated rings. The second kappa shape index (κ2) is 8.18. The van der Waals surface area contributed by atoms with E-state index in [4.69, 9.17) is 4.74 Å². The van der Waals surface area contributed by atoms with Gasteiger partial charge in [-0.2, -0.15) is 0 Å². The number of carbonyl (C=O) groups excluding carboxylic acids is 2. The van der Waals surface area contributed by atoms with Crippen LogP contribution in [0, 0.1) is 5.92 Å². The van der Waals surface area contributed by atoms with Crippen LogP contribution in [0.15, 0.2) is 24.3 Å². The molecule has 2 rings (SSSR count). The summed E-state index contributed by atoms with van der Waals surface area (Å²) < 4.78 is 5.21. The van der Waals surface area contributed by atoms with Gasteiger partial charge in [-0.15, -0.1) is 0 Å². The maximum Gasteiger partial charge on any atom is 0.226 e. The van der Waals surface area contributed by atoms with Crippen molar-refractivity contribution in [1.29, 1.82) is 0 Å². The molecule has 2 atom stereocenters. The molecule has 0 unspecified atom stereocenters. The summed E-state index contributed by atoms with van der Waals surface area (Å²) in [6.45, 7) is 6.67. The highest BCUT2D eigenvalue weighted by Gasteiger charge is 2.44. The maximum absolute atomic E-state index is 12.6. The molecule has 0 bridgehead atoms. The number of nitrogens with zero attached hydrogens (tertiary/aromatic N) is 1. The number of unbranched alkanes of at least 4 members (excludes halogenated alkanes) is 1. The van der Waals surface area contributed by atoms with E-state index in [1.807, 2.05) is 43.0 Å². The van der Waals surface area contributed by atoms with Crippen LogP contribution in [0.2, 0.25) is 0 Å². The molecule has 1 N–H and O–H groups in total. The Morgan fingerprint density at radius 3 is 2.54 bits per heavy atom. The minimum absolute atomic E-state index is 0.0434. The molecule has 0 aromatic heterocycles. The Bertz CT molecular complexity index is 568. The van der Waals surface area contributed by atoms with E-state index in [9.17, 15) is 9.59 Å². The number of methoxy groups -OCH3 is 1. The lowest BCUT2D eigenvalue weighted by Gasteiger charge is -2.28. The molecule has 1 heterocycles. The molecular weight excluding hydrogens is 304 g/mol. The van der Waals surface area contributed by atoms with Crippen molar-refractivity contribution in [3.05, 3.63) is 29.8 Å². The van der Waals surface area contributed by atoms with Gasteiger partial charge in [0.15, 0.2) is 0 Å². The molecule has 0 spiro atoms. The van der Waals surface area contributed by atoms with Gasteiger partial charge in [0.2, 0.25) is 11.8 Å². The summed E-state index contributed by atoms with van der Waals surface area (Å²) >= 11 is 0. The van der Waals surface area contributed by atoms with Gasteiger partial charge in [-0.25, -0.2) is 0 Å². The normalized spacial score (nSPS) is 20.5. The van der Waals surface area contributed by atoms with E-state index in [2.05, 4.69) is 12.2 Å². The Balaban J connectivity index is 2.31. The van der Waals surface area contributed by atoms with Crippen LogP contribution in [0.4, 0.5) is 0 Å². The first kappa shape index (κ1) is 18.3. The summed E-state index contributed by atoms with van der Waals surface area (Å²) in [5.41, 5.74) is 0.988. The molecule has 24 heavy (non-hydrogen) atoms. The Morgan fingerprint density at radius 1 is 1.33 bits per heavy atom. The van der Waals surface area contributed by atoms with Gasteiger partial charge in [-0.05, 0) is 38.0 Å². The van der Waals surface area contributed by atoms with Gasteiger partial charge in [-0.3, -0.25) is 9.59 Å². The first-order valence-electron chi connectivity index (χ1n) is 8.71. The fourth-order valence-electron chi connectivity index (χ4n) is 3.22. The highest BCUT2D eigenvalue weighted by molar-refractivity contribution is 5.90. The van der Waals surface area contributed by atoms with Crippen molar-refractivity contribution >= 4 is 11.8 Å². The molecule has 132 valence electrons. The number of hydrogen-bond donors (Lipinski definition) is 1. The third-order valence-corrected chi connectivity index (χ3v) is 4.41. The SMILES string of the molecule is CCCCN1C(=O)C[C@H](C(=O)NC(C)C)[C@@H]1c1ccc(OC)cc1. The van der Waals surface area contributed by atoms with Crippen molar-refractivity contribution in [2.45, 2.75) is 52.1 Å². The van der Waals surface area contributed by atoms with Crippen molar-refractivity contribution in [2.24, 2.45) is 5.92 Å². The average molecular weight is 332 g/mol. The smallest absolute Gasteiger partial charge is 0.226 e. The number of nitrogens with one attached hydrogen (secondary N) is 1. The molecule has 1 aromatic carbocycles.